The summed E-state index contributed by atoms with van der Waals surface area (Å²) in [6.45, 7) is 4.34. The number of aromatic nitrogens is 5. The Labute approximate surface area is 166 Å². The van der Waals surface area contributed by atoms with Crippen molar-refractivity contribution in [2.24, 2.45) is 0 Å². The lowest BCUT2D eigenvalue weighted by Gasteiger charge is -2.13. The van der Waals surface area contributed by atoms with Gasteiger partial charge >= 0.3 is 0 Å². The molecule has 0 saturated carbocycles. The molecule has 8 heteroatoms. The van der Waals surface area contributed by atoms with Gasteiger partial charge in [-0.1, -0.05) is 55.1 Å². The second kappa shape index (κ2) is 8.06. The van der Waals surface area contributed by atoms with E-state index < -0.39 is 0 Å². The van der Waals surface area contributed by atoms with Crippen LogP contribution in [0.4, 0.5) is 10.8 Å². The Morgan fingerprint density at radius 2 is 1.93 bits per heavy atom. The van der Waals surface area contributed by atoms with Crippen LogP contribution >= 0.6 is 23.1 Å². The van der Waals surface area contributed by atoms with Crippen LogP contribution in [0.15, 0.2) is 47.2 Å². The van der Waals surface area contributed by atoms with Crippen molar-refractivity contribution < 1.29 is 0 Å². The SMILES string of the molecule is CCc1cccc(CC)c1Nc1nnc(SCc2cn3cccnc3n2)s1. The van der Waals surface area contributed by atoms with E-state index in [0.29, 0.717) is 0 Å². The first-order valence-electron chi connectivity index (χ1n) is 8.89. The highest BCUT2D eigenvalue weighted by atomic mass is 32.2. The van der Waals surface area contributed by atoms with Gasteiger partial charge < -0.3 is 5.32 Å². The number of benzene rings is 1. The van der Waals surface area contributed by atoms with Crippen molar-refractivity contribution in [2.45, 2.75) is 36.8 Å². The maximum absolute atomic E-state index is 4.52. The number of nitrogens with zero attached hydrogens (tertiary/aromatic N) is 5. The molecule has 6 nitrogen and oxygen atoms in total. The molecule has 3 heterocycles. The molecule has 0 spiro atoms. The van der Waals surface area contributed by atoms with Crippen molar-refractivity contribution in [3.63, 3.8) is 0 Å². The molecule has 0 aliphatic carbocycles. The highest BCUT2D eigenvalue weighted by Crippen LogP contribution is 2.32. The van der Waals surface area contributed by atoms with E-state index in [2.05, 4.69) is 57.5 Å². The summed E-state index contributed by atoms with van der Waals surface area (Å²) in [4.78, 5) is 8.77. The Kier molecular flexibility index (Phi) is 5.35. The standard InChI is InChI=1S/C19H20N6S2/c1-3-13-7-5-8-14(4-2)16(13)22-18-23-24-19(27-18)26-12-15-11-25-10-6-9-20-17(25)21-15/h5-11H,3-4,12H2,1-2H3,(H,22,23). The quantitative estimate of drug-likeness (QED) is 0.455. The zero-order valence-electron chi connectivity index (χ0n) is 15.2. The van der Waals surface area contributed by atoms with Crippen molar-refractivity contribution in [1.82, 2.24) is 24.6 Å². The Morgan fingerprint density at radius 1 is 1.11 bits per heavy atom. The molecule has 0 radical (unpaired) electrons. The molecular formula is C19H20N6S2. The average molecular weight is 397 g/mol. The van der Waals surface area contributed by atoms with Crippen LogP contribution in [-0.4, -0.2) is 24.6 Å². The molecule has 1 aromatic carbocycles. The summed E-state index contributed by atoms with van der Waals surface area (Å²) in [5, 5.41) is 12.9. The maximum atomic E-state index is 4.52. The molecule has 1 N–H and O–H groups in total. The molecule has 0 fully saturated rings. The van der Waals surface area contributed by atoms with E-state index >= 15 is 0 Å². The summed E-state index contributed by atoms with van der Waals surface area (Å²) < 4.78 is 2.85. The molecule has 0 aliphatic heterocycles. The van der Waals surface area contributed by atoms with Gasteiger partial charge in [-0.15, -0.1) is 10.2 Å². The normalized spacial score (nSPS) is 11.2. The van der Waals surface area contributed by atoms with Gasteiger partial charge in [0.15, 0.2) is 4.34 Å². The molecule has 0 unspecified atom stereocenters. The molecule has 0 aliphatic rings. The summed E-state index contributed by atoms with van der Waals surface area (Å²) in [7, 11) is 0. The Morgan fingerprint density at radius 3 is 2.67 bits per heavy atom. The predicted octanol–water partition coefficient (Wildman–Crippen LogP) is 4.74. The van der Waals surface area contributed by atoms with Crippen molar-refractivity contribution in [3.8, 4) is 0 Å². The Hall–Kier alpha value is -2.45. The molecule has 4 aromatic rings. The lowest BCUT2D eigenvalue weighted by Crippen LogP contribution is -1.99. The van der Waals surface area contributed by atoms with Gasteiger partial charge in [0.1, 0.15) is 0 Å². The van der Waals surface area contributed by atoms with E-state index in [-0.39, 0.29) is 0 Å². The Balaban J connectivity index is 1.46. The van der Waals surface area contributed by atoms with Gasteiger partial charge in [-0.3, -0.25) is 4.40 Å². The van der Waals surface area contributed by atoms with Crippen LogP contribution in [0.2, 0.25) is 0 Å². The largest absolute Gasteiger partial charge is 0.330 e. The Bertz CT molecular complexity index is 1000. The lowest BCUT2D eigenvalue weighted by molar-refractivity contribution is 1.01. The van der Waals surface area contributed by atoms with E-state index in [9.17, 15) is 0 Å². The topological polar surface area (TPSA) is 68.0 Å². The number of imidazole rings is 1. The summed E-state index contributed by atoms with van der Waals surface area (Å²) in [6.07, 6.45) is 7.67. The zero-order valence-corrected chi connectivity index (χ0v) is 16.8. The third kappa shape index (κ3) is 3.96. The van der Waals surface area contributed by atoms with Gasteiger partial charge in [0.05, 0.1) is 5.69 Å². The van der Waals surface area contributed by atoms with E-state index in [1.165, 1.54) is 16.8 Å². The molecule has 0 saturated heterocycles. The van der Waals surface area contributed by atoms with Gasteiger partial charge in [0, 0.05) is 30.0 Å². The fourth-order valence-electron chi connectivity index (χ4n) is 2.91. The van der Waals surface area contributed by atoms with Gasteiger partial charge in [0.2, 0.25) is 10.9 Å². The number of aryl methyl sites for hydroxylation is 2. The number of thioether (sulfide) groups is 1. The van der Waals surface area contributed by atoms with Gasteiger partial charge in [0.25, 0.3) is 0 Å². The predicted molar refractivity (Wildman–Crippen MR) is 111 cm³/mol. The van der Waals surface area contributed by atoms with Gasteiger partial charge in [-0.05, 0) is 30.0 Å². The smallest absolute Gasteiger partial charge is 0.233 e. The molecule has 0 atom stereocenters. The molecule has 0 bridgehead atoms. The third-order valence-electron chi connectivity index (χ3n) is 4.27. The molecule has 138 valence electrons. The monoisotopic (exact) mass is 396 g/mol. The average Bonchev–Trinajstić information content (AvgIpc) is 3.32. The zero-order chi connectivity index (χ0) is 18.6. The van der Waals surface area contributed by atoms with E-state index in [1.54, 1.807) is 29.3 Å². The van der Waals surface area contributed by atoms with Crippen molar-refractivity contribution in [2.75, 3.05) is 5.32 Å². The summed E-state index contributed by atoms with van der Waals surface area (Å²) in [5.74, 6) is 1.46. The first kappa shape index (κ1) is 17.9. The van der Waals surface area contributed by atoms with Crippen LogP contribution in [0.1, 0.15) is 30.7 Å². The van der Waals surface area contributed by atoms with Crippen LogP contribution in [-0.2, 0) is 18.6 Å². The minimum atomic E-state index is 0.719. The fourth-order valence-corrected chi connectivity index (χ4v) is 4.55. The van der Waals surface area contributed by atoms with Crippen molar-refractivity contribution in [3.05, 3.63) is 59.7 Å². The summed E-state index contributed by atoms with van der Waals surface area (Å²) >= 11 is 3.21. The summed E-state index contributed by atoms with van der Waals surface area (Å²) in [5.41, 5.74) is 4.75. The second-order valence-corrected chi connectivity index (χ2v) is 8.20. The number of anilines is 2. The maximum Gasteiger partial charge on any atom is 0.233 e. The number of rotatable bonds is 7. The minimum Gasteiger partial charge on any atom is -0.330 e. The fraction of sp³-hybridized carbons (Fsp3) is 0.263. The van der Waals surface area contributed by atoms with Crippen LogP contribution in [0.5, 0.6) is 0 Å². The van der Waals surface area contributed by atoms with E-state index in [0.717, 1.165) is 39.5 Å². The summed E-state index contributed by atoms with van der Waals surface area (Å²) in [6, 6.07) is 8.34. The lowest BCUT2D eigenvalue weighted by atomic mass is 10.0. The van der Waals surface area contributed by atoms with Crippen molar-refractivity contribution >= 4 is 39.7 Å². The van der Waals surface area contributed by atoms with Crippen LogP contribution in [0.3, 0.4) is 0 Å². The minimum absolute atomic E-state index is 0.719. The molecule has 3 aromatic heterocycles. The molecule has 27 heavy (non-hydrogen) atoms. The number of fused-ring (bicyclic) bond motifs is 1. The third-order valence-corrected chi connectivity index (χ3v) is 6.27. The van der Waals surface area contributed by atoms with Crippen LogP contribution < -0.4 is 5.32 Å². The van der Waals surface area contributed by atoms with Crippen molar-refractivity contribution in [1.29, 1.82) is 0 Å². The molecular weight excluding hydrogens is 376 g/mol. The second-order valence-electron chi connectivity index (χ2n) is 6.00. The number of para-hydroxylation sites is 1. The first-order chi connectivity index (χ1) is 13.3. The van der Waals surface area contributed by atoms with E-state index in [1.807, 2.05) is 22.9 Å². The number of hydrogen-bond donors (Lipinski definition) is 1. The first-order valence-corrected chi connectivity index (χ1v) is 10.7. The van der Waals surface area contributed by atoms with Gasteiger partial charge in [-0.25, -0.2) is 9.97 Å². The van der Waals surface area contributed by atoms with E-state index in [4.69, 9.17) is 0 Å². The van der Waals surface area contributed by atoms with Gasteiger partial charge in [-0.2, -0.15) is 0 Å². The number of nitrogens with one attached hydrogen (secondary N) is 1. The highest BCUT2D eigenvalue weighted by Gasteiger charge is 2.11. The molecule has 0 amide bonds. The number of hydrogen-bond acceptors (Lipinski definition) is 7. The van der Waals surface area contributed by atoms with Crippen LogP contribution in [0.25, 0.3) is 5.78 Å². The van der Waals surface area contributed by atoms with Crippen LogP contribution in [0, 0.1) is 0 Å². The highest BCUT2D eigenvalue weighted by molar-refractivity contribution is 8.00. The molecule has 4 rings (SSSR count).